The maximum absolute atomic E-state index is 13.1. The molecule has 3 aliphatic rings. The normalized spacial score (nSPS) is 28.7. The zero-order valence-electron chi connectivity index (χ0n) is 18.9. The quantitative estimate of drug-likeness (QED) is 0.458. The first-order valence-electron chi connectivity index (χ1n) is 11.1. The molecule has 2 saturated heterocycles. The van der Waals surface area contributed by atoms with E-state index in [0.29, 0.717) is 25.0 Å². The van der Waals surface area contributed by atoms with Gasteiger partial charge in [0.2, 0.25) is 11.8 Å². The van der Waals surface area contributed by atoms with E-state index in [9.17, 15) is 24.6 Å². The van der Waals surface area contributed by atoms with Gasteiger partial charge in [0.25, 0.3) is 0 Å². The van der Waals surface area contributed by atoms with Crippen molar-refractivity contribution < 1.29 is 38.8 Å². The zero-order valence-corrected chi connectivity index (χ0v) is 18.9. The van der Waals surface area contributed by atoms with Gasteiger partial charge in [0.15, 0.2) is 0 Å². The standard InChI is InChI=1S/C22H34N2O8/c1-22(2,3)32-18(27)7-6-14(11-25)23-20(28)15-5-4-8-24(15)21(29)13-9-16(26)19-17(10-13)30-12-31-19/h10,14-17,19,25-26H,4-9,11-12H2,1-3H3,(H,23,28)/t14-,15+,16+,17+,19-/m0/s1. The van der Waals surface area contributed by atoms with Gasteiger partial charge in [-0.3, -0.25) is 14.4 Å². The molecule has 32 heavy (non-hydrogen) atoms. The highest BCUT2D eigenvalue weighted by Crippen LogP contribution is 2.30. The number of ether oxygens (including phenoxy) is 3. The van der Waals surface area contributed by atoms with Crippen LogP contribution < -0.4 is 5.32 Å². The molecule has 2 fully saturated rings. The summed E-state index contributed by atoms with van der Waals surface area (Å²) in [6.45, 7) is 5.49. The third kappa shape index (κ3) is 6.06. The number of hydrogen-bond donors (Lipinski definition) is 3. The highest BCUT2D eigenvalue weighted by Gasteiger charge is 2.42. The molecule has 3 rings (SSSR count). The monoisotopic (exact) mass is 454 g/mol. The molecule has 0 radical (unpaired) electrons. The van der Waals surface area contributed by atoms with Gasteiger partial charge in [-0.1, -0.05) is 0 Å². The second kappa shape index (κ2) is 10.3. The van der Waals surface area contributed by atoms with Gasteiger partial charge in [0.05, 0.1) is 18.8 Å². The molecule has 2 amide bonds. The maximum atomic E-state index is 13.1. The molecule has 5 atom stereocenters. The largest absolute Gasteiger partial charge is 0.460 e. The van der Waals surface area contributed by atoms with Gasteiger partial charge in [-0.25, -0.2) is 0 Å². The number of hydrogen-bond acceptors (Lipinski definition) is 8. The summed E-state index contributed by atoms with van der Waals surface area (Å²) in [7, 11) is 0. The molecule has 0 unspecified atom stereocenters. The van der Waals surface area contributed by atoms with Crippen molar-refractivity contribution in [2.45, 2.75) is 88.9 Å². The van der Waals surface area contributed by atoms with Crippen molar-refractivity contribution in [2.24, 2.45) is 0 Å². The van der Waals surface area contributed by atoms with Crippen LogP contribution in [0.2, 0.25) is 0 Å². The number of esters is 1. The Morgan fingerprint density at radius 2 is 2.06 bits per heavy atom. The second-order valence-electron chi connectivity index (χ2n) is 9.51. The van der Waals surface area contributed by atoms with Gasteiger partial charge in [0, 0.05) is 25.0 Å². The van der Waals surface area contributed by atoms with Crippen molar-refractivity contribution in [1.82, 2.24) is 10.2 Å². The molecule has 0 saturated carbocycles. The number of carbonyl (C=O) groups is 3. The Kier molecular flexibility index (Phi) is 7.92. The molecule has 0 aromatic heterocycles. The molecule has 3 N–H and O–H groups in total. The molecule has 0 aromatic carbocycles. The number of amides is 2. The van der Waals surface area contributed by atoms with Crippen LogP contribution in [0, 0.1) is 0 Å². The highest BCUT2D eigenvalue weighted by atomic mass is 16.7. The molecular weight excluding hydrogens is 420 g/mol. The van der Waals surface area contributed by atoms with Gasteiger partial charge in [-0.2, -0.15) is 0 Å². The summed E-state index contributed by atoms with van der Waals surface area (Å²) in [4.78, 5) is 39.4. The Hall–Kier alpha value is -2.01. The number of aliphatic hydroxyl groups excluding tert-OH is 2. The molecule has 10 heteroatoms. The van der Waals surface area contributed by atoms with Gasteiger partial charge in [-0.15, -0.1) is 0 Å². The minimum absolute atomic E-state index is 0.0610. The number of nitrogens with one attached hydrogen (secondary N) is 1. The first-order valence-corrected chi connectivity index (χ1v) is 11.1. The minimum Gasteiger partial charge on any atom is -0.460 e. The van der Waals surface area contributed by atoms with Crippen LogP contribution in [0.5, 0.6) is 0 Å². The number of aliphatic hydroxyl groups is 2. The van der Waals surface area contributed by atoms with Crippen LogP contribution in [0.1, 0.15) is 52.9 Å². The van der Waals surface area contributed by atoms with Crippen LogP contribution >= 0.6 is 0 Å². The van der Waals surface area contributed by atoms with Crippen molar-refractivity contribution in [3.8, 4) is 0 Å². The van der Waals surface area contributed by atoms with Crippen molar-refractivity contribution in [2.75, 3.05) is 19.9 Å². The Bertz CT molecular complexity index is 747. The number of likely N-dealkylation sites (tertiary alicyclic amines) is 1. The fourth-order valence-electron chi connectivity index (χ4n) is 4.28. The van der Waals surface area contributed by atoms with Gasteiger partial charge in [0.1, 0.15) is 30.6 Å². The second-order valence-corrected chi connectivity index (χ2v) is 9.51. The van der Waals surface area contributed by atoms with Crippen molar-refractivity contribution >= 4 is 17.8 Å². The summed E-state index contributed by atoms with van der Waals surface area (Å²) in [6.07, 6.45) is 1.50. The molecule has 180 valence electrons. The number of carbonyl (C=O) groups excluding carboxylic acids is 3. The summed E-state index contributed by atoms with van der Waals surface area (Å²) in [5.41, 5.74) is -0.191. The van der Waals surface area contributed by atoms with Crippen molar-refractivity contribution in [3.05, 3.63) is 11.6 Å². The summed E-state index contributed by atoms with van der Waals surface area (Å²) >= 11 is 0. The van der Waals surface area contributed by atoms with Crippen LogP contribution in [0.15, 0.2) is 11.6 Å². The minimum atomic E-state index is -0.840. The van der Waals surface area contributed by atoms with E-state index >= 15 is 0 Å². The van der Waals surface area contributed by atoms with E-state index in [2.05, 4.69) is 5.32 Å². The molecule has 0 spiro atoms. The van der Waals surface area contributed by atoms with Crippen molar-refractivity contribution in [3.63, 3.8) is 0 Å². The highest BCUT2D eigenvalue weighted by molar-refractivity contribution is 5.97. The Morgan fingerprint density at radius 3 is 2.75 bits per heavy atom. The Morgan fingerprint density at radius 1 is 1.31 bits per heavy atom. The average molecular weight is 455 g/mol. The third-order valence-electron chi connectivity index (χ3n) is 5.79. The van der Waals surface area contributed by atoms with Gasteiger partial charge < -0.3 is 34.6 Å². The predicted octanol–water partition coefficient (Wildman–Crippen LogP) is 0.00890. The number of nitrogens with zero attached hydrogens (tertiary/aromatic N) is 1. The molecule has 0 aromatic rings. The first-order chi connectivity index (χ1) is 15.1. The predicted molar refractivity (Wildman–Crippen MR) is 112 cm³/mol. The van der Waals surface area contributed by atoms with E-state index in [0.717, 1.165) is 0 Å². The molecule has 2 aliphatic heterocycles. The third-order valence-corrected chi connectivity index (χ3v) is 5.79. The number of rotatable bonds is 7. The molecule has 1 aliphatic carbocycles. The lowest BCUT2D eigenvalue weighted by molar-refractivity contribution is -0.155. The topological polar surface area (TPSA) is 135 Å². The van der Waals surface area contributed by atoms with E-state index in [1.165, 1.54) is 4.90 Å². The van der Waals surface area contributed by atoms with Crippen LogP contribution in [0.25, 0.3) is 0 Å². The first kappa shape index (κ1) is 24.6. The molecule has 10 nitrogen and oxygen atoms in total. The summed E-state index contributed by atoms with van der Waals surface area (Å²) in [5.74, 6) is -1.07. The average Bonchev–Trinajstić information content (AvgIpc) is 3.38. The van der Waals surface area contributed by atoms with E-state index in [1.54, 1.807) is 26.8 Å². The Labute approximate surface area is 187 Å². The van der Waals surface area contributed by atoms with Crippen molar-refractivity contribution in [1.29, 1.82) is 0 Å². The summed E-state index contributed by atoms with van der Waals surface area (Å²) in [5, 5.41) is 22.7. The summed E-state index contributed by atoms with van der Waals surface area (Å²) < 4.78 is 16.0. The van der Waals surface area contributed by atoms with Gasteiger partial charge >= 0.3 is 5.97 Å². The zero-order chi connectivity index (χ0) is 23.5. The molecule has 0 bridgehead atoms. The fourth-order valence-corrected chi connectivity index (χ4v) is 4.28. The SMILES string of the molecule is CC(C)(C)OC(=O)CC[C@@H](CO)NC(=O)[C@H]1CCCN1C(=O)C1=C[C@H]2OCO[C@H]2[C@H](O)C1. The van der Waals surface area contributed by atoms with Crippen LogP contribution in [-0.4, -0.2) is 88.8 Å². The Balaban J connectivity index is 1.57. The van der Waals surface area contributed by atoms with E-state index in [1.807, 2.05) is 0 Å². The lowest BCUT2D eigenvalue weighted by Crippen LogP contribution is -2.51. The van der Waals surface area contributed by atoms with Crippen LogP contribution in [0.4, 0.5) is 0 Å². The molecule has 2 heterocycles. The van der Waals surface area contributed by atoms with E-state index < -0.39 is 42.0 Å². The van der Waals surface area contributed by atoms with Crippen LogP contribution in [0.3, 0.4) is 0 Å². The van der Waals surface area contributed by atoms with E-state index in [-0.39, 0.29) is 44.5 Å². The smallest absolute Gasteiger partial charge is 0.306 e. The lowest BCUT2D eigenvalue weighted by atomic mass is 9.91. The maximum Gasteiger partial charge on any atom is 0.306 e. The molecular formula is C22H34N2O8. The summed E-state index contributed by atoms with van der Waals surface area (Å²) in [6, 6.07) is -1.29. The number of fused-ring (bicyclic) bond motifs is 1. The lowest BCUT2D eigenvalue weighted by Gasteiger charge is -2.31. The van der Waals surface area contributed by atoms with E-state index in [4.69, 9.17) is 14.2 Å². The van der Waals surface area contributed by atoms with Gasteiger partial charge in [-0.05, 0) is 46.1 Å². The fraction of sp³-hybridized carbons (Fsp3) is 0.773. The van der Waals surface area contributed by atoms with Crippen LogP contribution in [-0.2, 0) is 28.6 Å².